The second-order valence-corrected chi connectivity index (χ2v) is 8.40. The van der Waals surface area contributed by atoms with E-state index >= 15 is 0 Å². The van der Waals surface area contributed by atoms with Crippen molar-refractivity contribution in [2.75, 3.05) is 13.1 Å². The van der Waals surface area contributed by atoms with E-state index in [9.17, 15) is 4.79 Å². The molecule has 0 aromatic carbocycles. The van der Waals surface area contributed by atoms with Gasteiger partial charge in [-0.15, -0.1) is 0 Å². The molecule has 0 saturated heterocycles. The summed E-state index contributed by atoms with van der Waals surface area (Å²) in [6.07, 6.45) is 23.5. The van der Waals surface area contributed by atoms with Crippen LogP contribution in [0.3, 0.4) is 0 Å². The lowest BCUT2D eigenvalue weighted by Crippen LogP contribution is -3.00. The molecule has 1 rings (SSSR count). The van der Waals surface area contributed by atoms with Crippen molar-refractivity contribution in [2.24, 2.45) is 0 Å². The predicted molar refractivity (Wildman–Crippen MR) is 124 cm³/mol. The summed E-state index contributed by atoms with van der Waals surface area (Å²) in [5.41, 5.74) is 0.807. The first-order valence-corrected chi connectivity index (χ1v) is 12.5. The van der Waals surface area contributed by atoms with Gasteiger partial charge in [-0.25, -0.2) is 4.57 Å². The van der Waals surface area contributed by atoms with Crippen LogP contribution in [-0.4, -0.2) is 23.9 Å². The molecule has 0 fully saturated rings. The van der Waals surface area contributed by atoms with Gasteiger partial charge in [0.25, 0.3) is 5.91 Å². The van der Waals surface area contributed by atoms with E-state index in [4.69, 9.17) is 0 Å². The fraction of sp³-hybridized carbons (Fsp3) is 0.769. The van der Waals surface area contributed by atoms with Crippen LogP contribution in [0.4, 0.5) is 0 Å². The first-order valence-electron chi connectivity index (χ1n) is 12.5. The van der Waals surface area contributed by atoms with Crippen molar-refractivity contribution in [3.05, 3.63) is 30.1 Å². The predicted octanol–water partition coefficient (Wildman–Crippen LogP) is 3.94. The van der Waals surface area contributed by atoms with Gasteiger partial charge in [-0.05, 0) is 26.3 Å². The molecule has 0 spiro atoms. The Morgan fingerprint density at radius 1 is 0.767 bits per heavy atom. The maximum atomic E-state index is 12.5. The third-order valence-electron chi connectivity index (χ3n) is 5.93. The van der Waals surface area contributed by atoms with E-state index in [1.165, 1.54) is 89.9 Å². The van der Waals surface area contributed by atoms with Crippen LogP contribution in [0.5, 0.6) is 0 Å². The molecule has 0 atom stereocenters. The van der Waals surface area contributed by atoms with Crippen LogP contribution in [0.25, 0.3) is 0 Å². The summed E-state index contributed by atoms with van der Waals surface area (Å²) in [6.45, 7) is 8.90. The van der Waals surface area contributed by atoms with Crippen molar-refractivity contribution in [3.8, 4) is 0 Å². The molecule has 0 bridgehead atoms. The molecule has 4 heteroatoms. The Kier molecular flexibility index (Phi) is 19.4. The zero-order valence-corrected chi connectivity index (χ0v) is 21.6. The number of hydrogen-bond donors (Lipinski definition) is 0. The summed E-state index contributed by atoms with van der Waals surface area (Å²) in [5.74, 6) is 0.144. The van der Waals surface area contributed by atoms with E-state index < -0.39 is 0 Å². The topological polar surface area (TPSA) is 24.2 Å². The van der Waals surface area contributed by atoms with Gasteiger partial charge in [0.15, 0.2) is 12.4 Å². The van der Waals surface area contributed by atoms with Gasteiger partial charge in [0.05, 0.1) is 0 Å². The fourth-order valence-corrected chi connectivity index (χ4v) is 3.97. The van der Waals surface area contributed by atoms with Gasteiger partial charge in [0, 0.05) is 25.6 Å². The monoisotopic (exact) mass is 482 g/mol. The molecule has 0 saturated carbocycles. The number of carbonyl (C=O) groups excluding carboxylic acids is 1. The lowest BCUT2D eigenvalue weighted by Gasteiger charge is -2.17. The zero-order valence-electron chi connectivity index (χ0n) is 20.0. The molecular weight excluding hydrogens is 436 g/mol. The van der Waals surface area contributed by atoms with Crippen molar-refractivity contribution in [2.45, 2.75) is 117 Å². The van der Waals surface area contributed by atoms with Crippen molar-refractivity contribution in [1.29, 1.82) is 0 Å². The minimum absolute atomic E-state index is 0. The molecule has 1 amide bonds. The molecule has 1 aromatic heterocycles. The smallest absolute Gasteiger partial charge is 0.259 e. The van der Waals surface area contributed by atoms with Gasteiger partial charge in [-0.1, -0.05) is 84.0 Å². The first-order chi connectivity index (χ1) is 14.2. The quantitative estimate of drug-likeness (QED) is 0.229. The molecule has 0 aliphatic rings. The number of halogens is 1. The maximum Gasteiger partial charge on any atom is 0.259 e. The highest BCUT2D eigenvalue weighted by atomic mass is 79.9. The van der Waals surface area contributed by atoms with E-state index in [2.05, 4.69) is 17.7 Å². The average molecular weight is 484 g/mol. The highest BCUT2D eigenvalue weighted by Gasteiger charge is 2.15. The van der Waals surface area contributed by atoms with Crippen molar-refractivity contribution in [3.63, 3.8) is 0 Å². The van der Waals surface area contributed by atoms with Gasteiger partial charge in [0.2, 0.25) is 0 Å². The summed E-state index contributed by atoms with van der Waals surface area (Å²) < 4.78 is 2.18. The summed E-state index contributed by atoms with van der Waals surface area (Å²) in [5, 5.41) is 0. The number of amides is 1. The summed E-state index contributed by atoms with van der Waals surface area (Å²) in [7, 11) is 0. The third-order valence-corrected chi connectivity index (χ3v) is 5.93. The molecule has 30 heavy (non-hydrogen) atoms. The molecule has 1 heterocycles. The molecule has 0 radical (unpaired) electrons. The van der Waals surface area contributed by atoms with Crippen molar-refractivity contribution >= 4 is 5.91 Å². The molecular formula is C26H47BrN2O. The Bertz CT molecular complexity index is 532. The molecule has 0 N–H and O–H groups in total. The average Bonchev–Trinajstić information content (AvgIpc) is 2.75. The summed E-state index contributed by atoms with van der Waals surface area (Å²) >= 11 is 0. The molecule has 0 aliphatic heterocycles. The van der Waals surface area contributed by atoms with Crippen LogP contribution in [0.15, 0.2) is 24.5 Å². The van der Waals surface area contributed by atoms with Gasteiger partial charge in [0.1, 0.15) is 12.1 Å². The van der Waals surface area contributed by atoms with Crippen molar-refractivity contribution in [1.82, 2.24) is 4.90 Å². The number of pyridine rings is 1. The number of unbranched alkanes of at least 4 members (excludes halogenated alkanes) is 13. The standard InChI is InChI=1S/C26H47N2O.BrH/c1-4-7-8-9-10-11-12-13-14-15-16-17-18-19-22-27-23-20-21-25(24-27)26(29)28(5-2)6-3;/h20-21,23-24H,4-19,22H2,1-3H3;1H/q+1;/p-1. The first kappa shape index (κ1) is 29.1. The summed E-state index contributed by atoms with van der Waals surface area (Å²) in [4.78, 5) is 14.4. The highest BCUT2D eigenvalue weighted by molar-refractivity contribution is 5.93. The van der Waals surface area contributed by atoms with Gasteiger partial charge < -0.3 is 21.9 Å². The Morgan fingerprint density at radius 2 is 1.23 bits per heavy atom. The normalized spacial score (nSPS) is 10.6. The Labute approximate surface area is 197 Å². The van der Waals surface area contributed by atoms with E-state index in [-0.39, 0.29) is 22.9 Å². The van der Waals surface area contributed by atoms with Crippen molar-refractivity contribution < 1.29 is 26.3 Å². The fourth-order valence-electron chi connectivity index (χ4n) is 3.97. The van der Waals surface area contributed by atoms with Crippen LogP contribution in [-0.2, 0) is 6.54 Å². The number of aromatic nitrogens is 1. The largest absolute Gasteiger partial charge is 1.00 e. The van der Waals surface area contributed by atoms with E-state index in [1.54, 1.807) is 0 Å². The molecule has 174 valence electrons. The molecule has 0 unspecified atom stereocenters. The number of nitrogens with zero attached hydrogens (tertiary/aromatic N) is 2. The highest BCUT2D eigenvalue weighted by Crippen LogP contribution is 2.13. The van der Waals surface area contributed by atoms with E-state index in [1.807, 2.05) is 37.1 Å². The van der Waals surface area contributed by atoms with Gasteiger partial charge >= 0.3 is 0 Å². The number of carbonyl (C=O) groups is 1. The minimum Gasteiger partial charge on any atom is -1.00 e. The lowest BCUT2D eigenvalue weighted by atomic mass is 10.0. The third kappa shape index (κ3) is 13.4. The number of hydrogen-bond acceptors (Lipinski definition) is 1. The maximum absolute atomic E-state index is 12.5. The second-order valence-electron chi connectivity index (χ2n) is 8.40. The van der Waals surface area contributed by atoms with Crippen LogP contribution in [0, 0.1) is 0 Å². The van der Waals surface area contributed by atoms with Crippen LogP contribution >= 0.6 is 0 Å². The van der Waals surface area contributed by atoms with E-state index in [0.717, 1.165) is 25.2 Å². The Hall–Kier alpha value is -0.900. The Morgan fingerprint density at radius 3 is 1.70 bits per heavy atom. The zero-order chi connectivity index (χ0) is 21.2. The van der Waals surface area contributed by atoms with E-state index in [0.29, 0.717) is 0 Å². The van der Waals surface area contributed by atoms with Gasteiger partial charge in [-0.2, -0.15) is 0 Å². The lowest BCUT2D eigenvalue weighted by molar-refractivity contribution is -0.697. The molecule has 1 aromatic rings. The van der Waals surface area contributed by atoms with Crippen LogP contribution in [0.1, 0.15) is 121 Å². The van der Waals surface area contributed by atoms with Gasteiger partial charge in [-0.3, -0.25) is 4.79 Å². The summed E-state index contributed by atoms with van der Waals surface area (Å²) in [6, 6.07) is 3.93. The minimum atomic E-state index is 0. The molecule has 0 aliphatic carbocycles. The van der Waals surface area contributed by atoms with Crippen LogP contribution < -0.4 is 21.5 Å². The second kappa shape index (κ2) is 20.0. The molecule has 3 nitrogen and oxygen atoms in total. The Balaban J connectivity index is 0.00000841. The van der Waals surface area contributed by atoms with Crippen LogP contribution in [0.2, 0.25) is 0 Å². The number of aryl methyl sites for hydroxylation is 1. The number of rotatable bonds is 18. The SMILES string of the molecule is CCCCCCCCCCCCCCCC[n+]1cccc(C(=O)N(CC)CC)c1.[Br-].